The molecule has 160 valence electrons. The molecule has 0 amide bonds. The van der Waals surface area contributed by atoms with Crippen LogP contribution >= 0.6 is 0 Å². The molecule has 2 aromatic rings. The van der Waals surface area contributed by atoms with Crippen LogP contribution in [0.15, 0.2) is 42.5 Å². The Morgan fingerprint density at radius 2 is 1.70 bits per heavy atom. The molecule has 2 aromatic carbocycles. The number of hydrogen-bond acceptors (Lipinski definition) is 8. The van der Waals surface area contributed by atoms with Crippen molar-refractivity contribution in [3.8, 4) is 11.5 Å². The molecular formula is C21H25N3O6. The molecule has 0 saturated carbocycles. The summed E-state index contributed by atoms with van der Waals surface area (Å²) < 4.78 is 15.6. The largest absolute Gasteiger partial charge is 0.497 e. The van der Waals surface area contributed by atoms with Crippen molar-refractivity contribution in [2.24, 2.45) is 0 Å². The molecule has 0 spiro atoms. The minimum Gasteiger partial charge on any atom is -0.497 e. The van der Waals surface area contributed by atoms with Crippen LogP contribution in [0.2, 0.25) is 0 Å². The van der Waals surface area contributed by atoms with Gasteiger partial charge in [0.1, 0.15) is 23.7 Å². The van der Waals surface area contributed by atoms with Crippen molar-refractivity contribution in [2.45, 2.75) is 0 Å². The highest BCUT2D eigenvalue weighted by Gasteiger charge is 2.24. The van der Waals surface area contributed by atoms with E-state index in [4.69, 9.17) is 9.47 Å². The van der Waals surface area contributed by atoms with Crippen LogP contribution in [0, 0.1) is 10.1 Å². The van der Waals surface area contributed by atoms with E-state index in [0.29, 0.717) is 6.61 Å². The maximum atomic E-state index is 11.9. The van der Waals surface area contributed by atoms with E-state index in [9.17, 15) is 14.9 Å². The van der Waals surface area contributed by atoms with Gasteiger partial charge in [0.05, 0.1) is 19.1 Å². The first-order valence-electron chi connectivity index (χ1n) is 9.62. The van der Waals surface area contributed by atoms with E-state index in [-0.39, 0.29) is 11.3 Å². The van der Waals surface area contributed by atoms with E-state index in [1.54, 1.807) is 13.2 Å². The van der Waals surface area contributed by atoms with E-state index < -0.39 is 10.9 Å². The molecule has 30 heavy (non-hydrogen) atoms. The van der Waals surface area contributed by atoms with Crippen LogP contribution in [0.4, 0.5) is 11.4 Å². The van der Waals surface area contributed by atoms with E-state index in [2.05, 4.69) is 14.5 Å². The molecule has 9 nitrogen and oxygen atoms in total. The van der Waals surface area contributed by atoms with Crippen LogP contribution in [0.25, 0.3) is 0 Å². The molecule has 0 radical (unpaired) electrons. The minimum absolute atomic E-state index is 0.0321. The van der Waals surface area contributed by atoms with Crippen LogP contribution in [0.5, 0.6) is 11.5 Å². The Morgan fingerprint density at radius 3 is 2.30 bits per heavy atom. The number of nitro benzene ring substituents is 1. The number of benzene rings is 2. The van der Waals surface area contributed by atoms with Crippen LogP contribution in [-0.4, -0.2) is 69.3 Å². The third-order valence-corrected chi connectivity index (χ3v) is 5.06. The summed E-state index contributed by atoms with van der Waals surface area (Å²) in [5.74, 6) is 0.883. The van der Waals surface area contributed by atoms with Gasteiger partial charge in [0.25, 0.3) is 5.69 Å². The summed E-state index contributed by atoms with van der Waals surface area (Å²) in [5, 5.41) is 11.2. The number of anilines is 1. The van der Waals surface area contributed by atoms with Crippen LogP contribution in [0.3, 0.4) is 0 Å². The second-order valence-electron chi connectivity index (χ2n) is 6.80. The third kappa shape index (κ3) is 5.18. The number of methoxy groups -OCH3 is 2. The molecule has 0 atom stereocenters. The number of carbonyl (C=O) groups is 1. The monoisotopic (exact) mass is 415 g/mol. The molecule has 1 fully saturated rings. The minimum atomic E-state index is -0.710. The van der Waals surface area contributed by atoms with Crippen molar-refractivity contribution < 1.29 is 23.9 Å². The second kappa shape index (κ2) is 9.93. The molecule has 0 aromatic heterocycles. The topological polar surface area (TPSA) is 94.4 Å². The average Bonchev–Trinajstić information content (AvgIpc) is 2.79. The molecule has 3 rings (SSSR count). The first kappa shape index (κ1) is 21.4. The number of piperazine rings is 1. The van der Waals surface area contributed by atoms with Gasteiger partial charge in [0.15, 0.2) is 0 Å². The Morgan fingerprint density at radius 1 is 1.03 bits per heavy atom. The maximum absolute atomic E-state index is 11.9. The number of hydrogen-bond donors (Lipinski definition) is 0. The molecule has 0 N–H and O–H groups in total. The summed E-state index contributed by atoms with van der Waals surface area (Å²) in [6, 6.07) is 12.0. The zero-order valence-corrected chi connectivity index (χ0v) is 17.1. The summed E-state index contributed by atoms with van der Waals surface area (Å²) >= 11 is 0. The highest BCUT2D eigenvalue weighted by atomic mass is 16.6. The standard InChI is InChI=1S/C21H25N3O6/c1-28-17-4-6-18(7-5-17)30-14-13-22-9-11-23(12-10-22)16-3-8-20(24(26)27)19(15-16)21(25)29-2/h3-8,15H,9-14H2,1-2H3. The van der Waals surface area contributed by atoms with Gasteiger partial charge >= 0.3 is 5.97 Å². The lowest BCUT2D eigenvalue weighted by Crippen LogP contribution is -2.47. The lowest BCUT2D eigenvalue weighted by Gasteiger charge is -2.36. The summed E-state index contributed by atoms with van der Waals surface area (Å²) in [6.45, 7) is 4.54. The molecule has 1 aliphatic rings. The Kier molecular flexibility index (Phi) is 7.08. The molecular weight excluding hydrogens is 390 g/mol. The fraction of sp³-hybridized carbons (Fsp3) is 0.381. The first-order valence-corrected chi connectivity index (χ1v) is 9.62. The van der Waals surface area contributed by atoms with Gasteiger partial charge < -0.3 is 19.1 Å². The predicted octanol–water partition coefficient (Wildman–Crippen LogP) is 2.59. The zero-order valence-electron chi connectivity index (χ0n) is 17.1. The van der Waals surface area contributed by atoms with Gasteiger partial charge in [-0.1, -0.05) is 0 Å². The number of carbonyl (C=O) groups excluding carboxylic acids is 1. The van der Waals surface area contributed by atoms with Crippen molar-refractivity contribution >= 4 is 17.3 Å². The van der Waals surface area contributed by atoms with Crippen molar-refractivity contribution in [1.82, 2.24) is 4.90 Å². The smallest absolute Gasteiger partial charge is 0.344 e. The molecule has 0 unspecified atom stereocenters. The Hall–Kier alpha value is -3.33. The van der Waals surface area contributed by atoms with Gasteiger partial charge in [-0.15, -0.1) is 0 Å². The Bertz CT molecular complexity index is 879. The number of ether oxygens (including phenoxy) is 3. The van der Waals surface area contributed by atoms with E-state index >= 15 is 0 Å². The second-order valence-corrected chi connectivity index (χ2v) is 6.80. The average molecular weight is 415 g/mol. The van der Waals surface area contributed by atoms with E-state index in [1.807, 2.05) is 24.3 Å². The van der Waals surface area contributed by atoms with Gasteiger partial charge in [-0.05, 0) is 36.4 Å². The van der Waals surface area contributed by atoms with Crippen molar-refractivity contribution in [2.75, 3.05) is 58.5 Å². The van der Waals surface area contributed by atoms with Gasteiger partial charge in [-0.25, -0.2) is 4.79 Å². The third-order valence-electron chi connectivity index (χ3n) is 5.06. The Balaban J connectivity index is 1.52. The normalized spacial score (nSPS) is 14.3. The van der Waals surface area contributed by atoms with Crippen molar-refractivity contribution in [1.29, 1.82) is 0 Å². The van der Waals surface area contributed by atoms with Crippen LogP contribution < -0.4 is 14.4 Å². The SMILES string of the molecule is COC(=O)c1cc(N2CCN(CCOc3ccc(OC)cc3)CC2)ccc1[N+](=O)[O-]. The molecule has 1 aliphatic heterocycles. The van der Waals surface area contributed by atoms with Crippen molar-refractivity contribution in [3.63, 3.8) is 0 Å². The van der Waals surface area contributed by atoms with Gasteiger partial charge in [-0.3, -0.25) is 15.0 Å². The summed E-state index contributed by atoms with van der Waals surface area (Å²) in [7, 11) is 2.84. The fourth-order valence-electron chi connectivity index (χ4n) is 3.35. The van der Waals surface area contributed by atoms with Gasteiger partial charge in [0, 0.05) is 44.5 Å². The fourth-order valence-corrected chi connectivity index (χ4v) is 3.35. The molecule has 1 heterocycles. The Labute approximate surface area is 174 Å². The van der Waals surface area contributed by atoms with Crippen molar-refractivity contribution in [3.05, 3.63) is 58.1 Å². The van der Waals surface area contributed by atoms with E-state index in [0.717, 1.165) is 49.9 Å². The number of esters is 1. The lowest BCUT2D eigenvalue weighted by atomic mass is 10.1. The summed E-state index contributed by atoms with van der Waals surface area (Å²) in [6.07, 6.45) is 0. The number of nitrogens with zero attached hydrogens (tertiary/aromatic N) is 3. The number of rotatable bonds is 8. The van der Waals surface area contributed by atoms with Crippen LogP contribution in [-0.2, 0) is 4.74 Å². The molecule has 0 aliphatic carbocycles. The highest BCUT2D eigenvalue weighted by molar-refractivity contribution is 5.95. The summed E-state index contributed by atoms with van der Waals surface area (Å²) in [5.41, 5.74) is 0.491. The van der Waals surface area contributed by atoms with Gasteiger partial charge in [-0.2, -0.15) is 0 Å². The predicted molar refractivity (Wildman–Crippen MR) is 112 cm³/mol. The maximum Gasteiger partial charge on any atom is 0.344 e. The zero-order chi connectivity index (χ0) is 21.5. The molecule has 1 saturated heterocycles. The highest BCUT2D eigenvalue weighted by Crippen LogP contribution is 2.26. The van der Waals surface area contributed by atoms with Gasteiger partial charge in [0.2, 0.25) is 0 Å². The van der Waals surface area contributed by atoms with Crippen LogP contribution in [0.1, 0.15) is 10.4 Å². The number of nitro groups is 1. The quantitative estimate of drug-likeness (QED) is 0.369. The lowest BCUT2D eigenvalue weighted by molar-refractivity contribution is -0.385. The molecule has 0 bridgehead atoms. The first-order chi connectivity index (χ1) is 14.5. The molecule has 9 heteroatoms. The summed E-state index contributed by atoms with van der Waals surface area (Å²) in [4.78, 5) is 26.9. The van der Waals surface area contributed by atoms with E-state index in [1.165, 1.54) is 19.2 Å².